The third kappa shape index (κ3) is 4.52. The second kappa shape index (κ2) is 6.13. The molecule has 116 valence electrons. The van der Waals surface area contributed by atoms with Crippen LogP contribution in [0.4, 0.5) is 0 Å². The Bertz CT molecular complexity index is 603. The highest BCUT2D eigenvalue weighted by Crippen LogP contribution is 2.28. The number of benzene rings is 1. The normalized spacial score (nSPS) is 17.8. The van der Waals surface area contributed by atoms with Gasteiger partial charge in [0.05, 0.1) is 16.9 Å². The second-order valence-corrected chi connectivity index (χ2v) is 7.32. The Labute approximate surface area is 123 Å². The maximum Gasteiger partial charge on any atom is 0.335 e. The van der Waals surface area contributed by atoms with Crippen LogP contribution in [0, 0.1) is 0 Å². The number of carbonyl (C=O) groups is 1. The van der Waals surface area contributed by atoms with Gasteiger partial charge in [-0.3, -0.25) is 0 Å². The standard InChI is InChI=1S/C14H19NO5S/c16-13(17)12-5-3-11(4-6-12)9-21(19,20)15-10-14(18)7-1-2-8-14/h3-6,15,18H,1-2,7-10H2,(H,16,17). The molecule has 0 bridgehead atoms. The van der Waals surface area contributed by atoms with Crippen molar-refractivity contribution in [2.45, 2.75) is 37.0 Å². The van der Waals surface area contributed by atoms with E-state index >= 15 is 0 Å². The number of hydrogen-bond acceptors (Lipinski definition) is 4. The molecule has 0 spiro atoms. The maximum absolute atomic E-state index is 12.0. The van der Waals surface area contributed by atoms with Gasteiger partial charge >= 0.3 is 5.97 Å². The van der Waals surface area contributed by atoms with E-state index in [2.05, 4.69) is 4.72 Å². The first-order valence-electron chi connectivity index (χ1n) is 6.82. The summed E-state index contributed by atoms with van der Waals surface area (Å²) in [6.07, 6.45) is 3.05. The smallest absolute Gasteiger partial charge is 0.335 e. The molecule has 1 aliphatic carbocycles. The van der Waals surface area contributed by atoms with Crippen molar-refractivity contribution in [1.82, 2.24) is 4.72 Å². The summed E-state index contributed by atoms with van der Waals surface area (Å²) >= 11 is 0. The number of rotatable bonds is 6. The van der Waals surface area contributed by atoms with Gasteiger partial charge in [0, 0.05) is 6.54 Å². The summed E-state index contributed by atoms with van der Waals surface area (Å²) in [5.74, 6) is -1.28. The second-order valence-electron chi connectivity index (χ2n) is 5.51. The first-order chi connectivity index (χ1) is 9.80. The zero-order valence-corrected chi connectivity index (χ0v) is 12.4. The lowest BCUT2D eigenvalue weighted by Crippen LogP contribution is -2.41. The van der Waals surface area contributed by atoms with Crippen LogP contribution in [0.5, 0.6) is 0 Å². The molecule has 7 heteroatoms. The van der Waals surface area contributed by atoms with Crippen molar-refractivity contribution < 1.29 is 23.4 Å². The van der Waals surface area contributed by atoms with Crippen LogP contribution >= 0.6 is 0 Å². The highest BCUT2D eigenvalue weighted by atomic mass is 32.2. The molecule has 1 fully saturated rings. The fraction of sp³-hybridized carbons (Fsp3) is 0.500. The molecule has 0 aliphatic heterocycles. The van der Waals surface area contributed by atoms with Crippen molar-refractivity contribution in [1.29, 1.82) is 0 Å². The lowest BCUT2D eigenvalue weighted by atomic mass is 10.0. The molecule has 1 aromatic rings. The Kier molecular flexibility index (Phi) is 4.65. The summed E-state index contributed by atoms with van der Waals surface area (Å²) in [5.41, 5.74) is -0.310. The molecule has 21 heavy (non-hydrogen) atoms. The molecule has 0 radical (unpaired) electrons. The molecule has 3 N–H and O–H groups in total. The fourth-order valence-corrected chi connectivity index (χ4v) is 3.69. The zero-order chi connectivity index (χ0) is 15.5. The van der Waals surface area contributed by atoms with Gasteiger partial charge in [-0.15, -0.1) is 0 Å². The summed E-state index contributed by atoms with van der Waals surface area (Å²) in [7, 11) is -3.55. The Morgan fingerprint density at radius 2 is 1.76 bits per heavy atom. The summed E-state index contributed by atoms with van der Waals surface area (Å²) in [6, 6.07) is 5.70. The van der Waals surface area contributed by atoms with E-state index in [9.17, 15) is 18.3 Å². The van der Waals surface area contributed by atoms with Crippen LogP contribution in [0.3, 0.4) is 0 Å². The van der Waals surface area contributed by atoms with E-state index in [1.54, 1.807) is 0 Å². The van der Waals surface area contributed by atoms with Crippen LogP contribution in [-0.4, -0.2) is 36.7 Å². The SMILES string of the molecule is O=C(O)c1ccc(CS(=O)(=O)NCC2(O)CCCC2)cc1. The Hall–Kier alpha value is -1.44. The Morgan fingerprint density at radius 1 is 1.19 bits per heavy atom. The van der Waals surface area contributed by atoms with Gasteiger partial charge in [-0.05, 0) is 30.5 Å². The van der Waals surface area contributed by atoms with Gasteiger partial charge in [0.15, 0.2) is 0 Å². The molecule has 0 aromatic heterocycles. The molecule has 1 aliphatic rings. The molecule has 1 aromatic carbocycles. The monoisotopic (exact) mass is 313 g/mol. The first-order valence-corrected chi connectivity index (χ1v) is 8.47. The number of carboxylic acid groups (broad SMARTS) is 1. The molecule has 2 rings (SSSR count). The predicted molar refractivity (Wildman–Crippen MR) is 77.4 cm³/mol. The van der Waals surface area contributed by atoms with Crippen molar-refractivity contribution in [3.63, 3.8) is 0 Å². The molecule has 1 saturated carbocycles. The van der Waals surface area contributed by atoms with Gasteiger partial charge in [-0.1, -0.05) is 25.0 Å². The quantitative estimate of drug-likeness (QED) is 0.730. The van der Waals surface area contributed by atoms with Crippen LogP contribution < -0.4 is 4.72 Å². The average Bonchev–Trinajstić information content (AvgIpc) is 2.85. The lowest BCUT2D eigenvalue weighted by Gasteiger charge is -2.22. The van der Waals surface area contributed by atoms with Gasteiger partial charge in [0.2, 0.25) is 10.0 Å². The fourth-order valence-electron chi connectivity index (χ4n) is 2.47. The number of aliphatic hydroxyl groups is 1. The van der Waals surface area contributed by atoms with Crippen molar-refractivity contribution in [3.8, 4) is 0 Å². The number of sulfonamides is 1. The van der Waals surface area contributed by atoms with Crippen molar-refractivity contribution in [2.24, 2.45) is 0 Å². The maximum atomic E-state index is 12.0. The van der Waals surface area contributed by atoms with Crippen LogP contribution in [0.25, 0.3) is 0 Å². The van der Waals surface area contributed by atoms with Crippen molar-refractivity contribution in [3.05, 3.63) is 35.4 Å². The third-order valence-electron chi connectivity index (χ3n) is 3.71. The van der Waals surface area contributed by atoms with Gasteiger partial charge in [0.25, 0.3) is 0 Å². The summed E-state index contributed by atoms with van der Waals surface area (Å²) < 4.78 is 26.4. The van der Waals surface area contributed by atoms with E-state index in [0.29, 0.717) is 18.4 Å². The number of nitrogens with one attached hydrogen (secondary N) is 1. The zero-order valence-electron chi connectivity index (χ0n) is 11.6. The van der Waals surface area contributed by atoms with Crippen molar-refractivity contribution >= 4 is 16.0 Å². The van der Waals surface area contributed by atoms with Crippen LogP contribution in [0.1, 0.15) is 41.6 Å². The van der Waals surface area contributed by atoms with Gasteiger partial charge in [-0.25, -0.2) is 17.9 Å². The van der Waals surface area contributed by atoms with Crippen LogP contribution in [0.2, 0.25) is 0 Å². The highest BCUT2D eigenvalue weighted by molar-refractivity contribution is 7.88. The topological polar surface area (TPSA) is 104 Å². The minimum Gasteiger partial charge on any atom is -0.478 e. The van der Waals surface area contributed by atoms with E-state index in [0.717, 1.165) is 12.8 Å². The lowest BCUT2D eigenvalue weighted by molar-refractivity contribution is 0.0531. The Morgan fingerprint density at radius 3 is 2.29 bits per heavy atom. The van der Waals surface area contributed by atoms with E-state index in [1.165, 1.54) is 24.3 Å². The first kappa shape index (κ1) is 15.9. The summed E-state index contributed by atoms with van der Waals surface area (Å²) in [4.78, 5) is 10.7. The number of carboxylic acids is 1. The molecular formula is C14H19NO5S. The highest BCUT2D eigenvalue weighted by Gasteiger charge is 2.32. The van der Waals surface area contributed by atoms with E-state index in [-0.39, 0.29) is 17.9 Å². The average molecular weight is 313 g/mol. The molecule has 0 heterocycles. The van der Waals surface area contributed by atoms with Crippen LogP contribution in [0.15, 0.2) is 24.3 Å². The largest absolute Gasteiger partial charge is 0.478 e. The molecule has 0 unspecified atom stereocenters. The third-order valence-corrected chi connectivity index (χ3v) is 5.01. The molecule has 0 amide bonds. The molecule has 0 atom stereocenters. The van der Waals surface area contributed by atoms with Crippen molar-refractivity contribution in [2.75, 3.05) is 6.54 Å². The molecule has 6 nitrogen and oxygen atoms in total. The minimum absolute atomic E-state index is 0.0303. The molecular weight excluding hydrogens is 294 g/mol. The minimum atomic E-state index is -3.55. The van der Waals surface area contributed by atoms with Gasteiger partial charge in [-0.2, -0.15) is 0 Å². The van der Waals surface area contributed by atoms with E-state index in [4.69, 9.17) is 5.11 Å². The molecule has 0 saturated heterocycles. The predicted octanol–water partition coefficient (Wildman–Crippen LogP) is 1.11. The number of aromatic carboxylic acids is 1. The number of hydrogen-bond donors (Lipinski definition) is 3. The summed E-state index contributed by atoms with van der Waals surface area (Å²) in [6.45, 7) is 0.0303. The van der Waals surface area contributed by atoms with Crippen LogP contribution in [-0.2, 0) is 15.8 Å². The summed E-state index contributed by atoms with van der Waals surface area (Å²) in [5, 5.41) is 18.9. The Balaban J connectivity index is 1.95. The van der Waals surface area contributed by atoms with Gasteiger partial charge in [0.1, 0.15) is 0 Å². The van der Waals surface area contributed by atoms with Gasteiger partial charge < -0.3 is 10.2 Å². The van der Waals surface area contributed by atoms with E-state index < -0.39 is 21.6 Å². The van der Waals surface area contributed by atoms with E-state index in [1.807, 2.05) is 0 Å².